The molecule has 1 aromatic carbocycles. The zero-order valence-electron chi connectivity index (χ0n) is 9.40. The minimum Gasteiger partial charge on any atom is -0.354 e. The maximum Gasteiger partial charge on any atom is 0.0250 e. The van der Waals surface area contributed by atoms with Crippen LogP contribution < -0.4 is 0 Å². The first-order chi connectivity index (χ1) is 7.33. The third-order valence-electron chi connectivity index (χ3n) is 2.77. The molecule has 1 heteroatoms. The van der Waals surface area contributed by atoms with E-state index >= 15 is 0 Å². The van der Waals surface area contributed by atoms with Gasteiger partial charge in [0.25, 0.3) is 0 Å². The van der Waals surface area contributed by atoms with E-state index in [1.165, 1.54) is 23.2 Å². The van der Waals surface area contributed by atoms with Gasteiger partial charge in [0.05, 0.1) is 0 Å². The second-order valence-electron chi connectivity index (χ2n) is 3.90. The molecular weight excluding hydrogens is 182 g/mol. The van der Waals surface area contributed by atoms with Crippen LogP contribution in [0, 0.1) is 0 Å². The van der Waals surface area contributed by atoms with Crippen LogP contribution in [0.1, 0.15) is 19.0 Å². The van der Waals surface area contributed by atoms with Crippen molar-refractivity contribution >= 4 is 0 Å². The molecule has 0 fully saturated rings. The predicted octanol–water partition coefficient (Wildman–Crippen LogP) is 3.64. The first-order valence-electron chi connectivity index (χ1n) is 5.52. The lowest BCUT2D eigenvalue weighted by Crippen LogP contribution is -1.96. The van der Waals surface area contributed by atoms with Crippen molar-refractivity contribution in [3.8, 4) is 11.1 Å². The molecule has 2 aromatic rings. The van der Waals surface area contributed by atoms with Crippen molar-refractivity contribution in [2.75, 3.05) is 0 Å². The lowest BCUT2D eigenvalue weighted by Gasteiger charge is -2.06. The summed E-state index contributed by atoms with van der Waals surface area (Å²) in [6.07, 6.45) is 4.48. The molecule has 0 amide bonds. The van der Waals surface area contributed by atoms with Crippen molar-refractivity contribution in [1.29, 1.82) is 0 Å². The second kappa shape index (κ2) is 4.35. The number of benzene rings is 1. The minimum absolute atomic E-state index is 1.15. The summed E-state index contributed by atoms with van der Waals surface area (Å²) < 4.78 is 2.23. The van der Waals surface area contributed by atoms with Crippen molar-refractivity contribution in [3.63, 3.8) is 0 Å². The lowest BCUT2D eigenvalue weighted by atomic mass is 10.0. The Balaban J connectivity index is 2.44. The fourth-order valence-electron chi connectivity index (χ4n) is 1.99. The van der Waals surface area contributed by atoms with Gasteiger partial charge in [-0.2, -0.15) is 0 Å². The van der Waals surface area contributed by atoms with Crippen LogP contribution in [0.2, 0.25) is 0 Å². The van der Waals surface area contributed by atoms with Gasteiger partial charge in [-0.25, -0.2) is 0 Å². The van der Waals surface area contributed by atoms with E-state index in [2.05, 4.69) is 61.1 Å². The van der Waals surface area contributed by atoms with Crippen LogP contribution in [-0.4, -0.2) is 4.57 Å². The summed E-state index contributed by atoms with van der Waals surface area (Å²) in [6.45, 7) is 2.22. The normalized spacial score (nSPS) is 10.5. The topological polar surface area (TPSA) is 4.93 Å². The highest BCUT2D eigenvalue weighted by molar-refractivity contribution is 5.66. The average molecular weight is 199 g/mol. The molecule has 0 N–H and O–H groups in total. The Labute approximate surface area is 91.4 Å². The highest BCUT2D eigenvalue weighted by Gasteiger charge is 2.07. The molecule has 2 rings (SSSR count). The first-order valence-corrected chi connectivity index (χ1v) is 5.52. The molecule has 0 aliphatic rings. The Morgan fingerprint density at radius 3 is 2.47 bits per heavy atom. The van der Waals surface area contributed by atoms with Crippen molar-refractivity contribution in [2.45, 2.75) is 19.8 Å². The van der Waals surface area contributed by atoms with Gasteiger partial charge < -0.3 is 4.57 Å². The van der Waals surface area contributed by atoms with Crippen LogP contribution in [0.25, 0.3) is 11.1 Å². The van der Waals surface area contributed by atoms with Crippen LogP contribution >= 0.6 is 0 Å². The summed E-state index contributed by atoms with van der Waals surface area (Å²) in [7, 11) is 2.12. The van der Waals surface area contributed by atoms with E-state index in [9.17, 15) is 0 Å². The largest absolute Gasteiger partial charge is 0.354 e. The van der Waals surface area contributed by atoms with E-state index < -0.39 is 0 Å². The maximum absolute atomic E-state index is 2.23. The molecule has 0 bridgehead atoms. The summed E-state index contributed by atoms with van der Waals surface area (Å²) in [4.78, 5) is 0. The molecule has 0 aliphatic carbocycles. The van der Waals surface area contributed by atoms with E-state index in [-0.39, 0.29) is 0 Å². The standard InChI is InChI=1S/C14H17N/c1-3-7-14-13(10-11-15(14)2)12-8-5-4-6-9-12/h4-6,8-11H,3,7H2,1-2H3. The molecule has 0 saturated carbocycles. The number of aryl methyl sites for hydroxylation is 1. The van der Waals surface area contributed by atoms with Gasteiger partial charge in [0.2, 0.25) is 0 Å². The van der Waals surface area contributed by atoms with Gasteiger partial charge in [-0.15, -0.1) is 0 Å². The van der Waals surface area contributed by atoms with Crippen LogP contribution in [0.15, 0.2) is 42.6 Å². The maximum atomic E-state index is 2.23. The lowest BCUT2D eigenvalue weighted by molar-refractivity contribution is 0.789. The van der Waals surface area contributed by atoms with E-state index in [0.717, 1.165) is 6.42 Å². The number of hydrogen-bond acceptors (Lipinski definition) is 0. The van der Waals surface area contributed by atoms with Gasteiger partial charge in [0, 0.05) is 24.5 Å². The van der Waals surface area contributed by atoms with Crippen LogP contribution in [-0.2, 0) is 13.5 Å². The summed E-state index contributed by atoms with van der Waals surface area (Å²) in [5.41, 5.74) is 4.13. The predicted molar refractivity (Wildman–Crippen MR) is 64.8 cm³/mol. The monoisotopic (exact) mass is 199 g/mol. The smallest absolute Gasteiger partial charge is 0.0250 e. The Bertz CT molecular complexity index is 426. The SMILES string of the molecule is CCCc1c(-c2ccccc2)ccn1C. The third-order valence-corrected chi connectivity index (χ3v) is 2.77. The van der Waals surface area contributed by atoms with Crippen LogP contribution in [0.5, 0.6) is 0 Å². The van der Waals surface area contributed by atoms with E-state index in [1.807, 2.05) is 0 Å². The Morgan fingerprint density at radius 1 is 1.07 bits per heavy atom. The van der Waals surface area contributed by atoms with Crippen molar-refractivity contribution in [3.05, 3.63) is 48.3 Å². The van der Waals surface area contributed by atoms with Gasteiger partial charge in [-0.05, 0) is 18.1 Å². The number of aromatic nitrogens is 1. The van der Waals surface area contributed by atoms with Crippen LogP contribution in [0.3, 0.4) is 0 Å². The molecule has 0 unspecified atom stereocenters. The van der Waals surface area contributed by atoms with E-state index in [0.29, 0.717) is 0 Å². The third kappa shape index (κ3) is 1.96. The number of rotatable bonds is 3. The molecule has 15 heavy (non-hydrogen) atoms. The number of hydrogen-bond donors (Lipinski definition) is 0. The van der Waals surface area contributed by atoms with Crippen LogP contribution in [0.4, 0.5) is 0 Å². The van der Waals surface area contributed by atoms with Crippen molar-refractivity contribution in [1.82, 2.24) is 4.57 Å². The summed E-state index contributed by atoms with van der Waals surface area (Å²) >= 11 is 0. The fourth-order valence-corrected chi connectivity index (χ4v) is 1.99. The molecule has 1 heterocycles. The van der Waals surface area contributed by atoms with Gasteiger partial charge >= 0.3 is 0 Å². The van der Waals surface area contributed by atoms with Gasteiger partial charge in [-0.1, -0.05) is 43.7 Å². The summed E-state index contributed by atoms with van der Waals surface area (Å²) in [5.74, 6) is 0. The molecule has 0 radical (unpaired) electrons. The first kappa shape index (κ1) is 10.0. The van der Waals surface area contributed by atoms with Gasteiger partial charge in [0.15, 0.2) is 0 Å². The Hall–Kier alpha value is -1.50. The molecule has 1 nitrogen and oxygen atoms in total. The Morgan fingerprint density at radius 2 is 1.80 bits per heavy atom. The fraction of sp³-hybridized carbons (Fsp3) is 0.286. The summed E-state index contributed by atoms with van der Waals surface area (Å²) in [6, 6.07) is 12.8. The second-order valence-corrected chi connectivity index (χ2v) is 3.90. The molecule has 1 aromatic heterocycles. The molecule has 0 aliphatic heterocycles. The van der Waals surface area contributed by atoms with Gasteiger partial charge in [0.1, 0.15) is 0 Å². The average Bonchev–Trinajstić information content (AvgIpc) is 2.63. The molecule has 0 spiro atoms. The van der Waals surface area contributed by atoms with E-state index in [4.69, 9.17) is 0 Å². The van der Waals surface area contributed by atoms with E-state index in [1.54, 1.807) is 0 Å². The zero-order valence-corrected chi connectivity index (χ0v) is 9.40. The highest BCUT2D eigenvalue weighted by Crippen LogP contribution is 2.25. The molecule has 78 valence electrons. The molecule has 0 atom stereocenters. The minimum atomic E-state index is 1.15. The van der Waals surface area contributed by atoms with Crippen molar-refractivity contribution in [2.24, 2.45) is 7.05 Å². The van der Waals surface area contributed by atoms with Gasteiger partial charge in [-0.3, -0.25) is 0 Å². The Kier molecular flexibility index (Phi) is 2.91. The van der Waals surface area contributed by atoms with Crippen molar-refractivity contribution < 1.29 is 0 Å². The zero-order chi connectivity index (χ0) is 10.7. The molecule has 0 saturated heterocycles. The quantitative estimate of drug-likeness (QED) is 0.711. The molecular formula is C14H17N. The number of nitrogens with zero attached hydrogens (tertiary/aromatic N) is 1. The highest BCUT2D eigenvalue weighted by atomic mass is 14.9. The summed E-state index contributed by atoms with van der Waals surface area (Å²) in [5, 5.41) is 0.